The van der Waals surface area contributed by atoms with Crippen LogP contribution in [0.25, 0.3) is 44.6 Å². The van der Waals surface area contributed by atoms with E-state index in [0.29, 0.717) is 16.8 Å². The number of rotatable bonds is 5. The maximum absolute atomic E-state index is 12.6. The molecule has 4 heterocycles. The molecular formula is C28H25ClN6O. The first kappa shape index (κ1) is 21.6. The van der Waals surface area contributed by atoms with E-state index in [1.165, 1.54) is 0 Å². The second-order valence-electron chi connectivity index (χ2n) is 10.0. The number of nitrogens with zero attached hydrogens (tertiary/aromatic N) is 5. The summed E-state index contributed by atoms with van der Waals surface area (Å²) in [5.41, 5.74) is 5.95. The van der Waals surface area contributed by atoms with E-state index in [0.717, 1.165) is 83.5 Å². The molecule has 1 aliphatic heterocycles. The summed E-state index contributed by atoms with van der Waals surface area (Å²) in [6.07, 6.45) is 6.62. The number of likely N-dealkylation sites (tertiary alicyclic amines) is 1. The summed E-state index contributed by atoms with van der Waals surface area (Å²) in [5, 5.41) is 8.79. The van der Waals surface area contributed by atoms with Crippen LogP contribution in [0.1, 0.15) is 19.3 Å². The molecule has 1 saturated carbocycles. The fraction of sp³-hybridized carbons (Fsp3) is 0.286. The lowest BCUT2D eigenvalue weighted by atomic mass is 10.0. The average molecular weight is 497 g/mol. The van der Waals surface area contributed by atoms with Crippen LogP contribution in [-0.4, -0.2) is 48.6 Å². The Balaban J connectivity index is 1.21. The van der Waals surface area contributed by atoms with Crippen molar-refractivity contribution in [2.45, 2.75) is 25.8 Å². The Labute approximate surface area is 213 Å². The molecule has 7 nitrogen and oxygen atoms in total. The largest absolute Gasteiger partial charge is 0.342 e. The highest BCUT2D eigenvalue weighted by Gasteiger charge is 2.36. The summed E-state index contributed by atoms with van der Waals surface area (Å²) in [6.45, 7) is 2.42. The molecule has 0 radical (unpaired) electrons. The maximum Gasteiger partial charge on any atom is 0.225 e. The van der Waals surface area contributed by atoms with Crippen molar-refractivity contribution in [2.24, 2.45) is 11.8 Å². The molecule has 180 valence electrons. The molecule has 2 fully saturated rings. The van der Waals surface area contributed by atoms with E-state index in [4.69, 9.17) is 16.6 Å². The minimum Gasteiger partial charge on any atom is -0.342 e. The fourth-order valence-corrected chi connectivity index (χ4v) is 5.49. The number of hydrogen-bond donors (Lipinski definition) is 1. The maximum atomic E-state index is 12.6. The Hall–Kier alpha value is -3.71. The molecule has 2 aliphatic rings. The van der Waals surface area contributed by atoms with Gasteiger partial charge in [-0.15, -0.1) is 0 Å². The van der Waals surface area contributed by atoms with E-state index < -0.39 is 0 Å². The standard InChI is InChI=1S/C28H25ClN6O/c29-23-12-25-27(30-14-23)35(16-17-9-10-34(15-17)28(36)20-5-6-20)26(32-25)19-3-1-18(2-4-19)21-7-8-24-22(11-21)13-31-33-24/h1-4,7-8,11-14,17,20H,5-6,9-10,15-16H2,(H,31,33). The molecule has 36 heavy (non-hydrogen) atoms. The van der Waals surface area contributed by atoms with Gasteiger partial charge in [0.2, 0.25) is 5.91 Å². The third kappa shape index (κ3) is 3.84. The molecule has 0 spiro atoms. The molecule has 5 aromatic rings. The van der Waals surface area contributed by atoms with Crippen LogP contribution in [0.15, 0.2) is 60.9 Å². The van der Waals surface area contributed by atoms with E-state index in [9.17, 15) is 4.79 Å². The zero-order chi connectivity index (χ0) is 24.2. The molecule has 8 heteroatoms. The third-order valence-electron chi connectivity index (χ3n) is 7.43. The van der Waals surface area contributed by atoms with E-state index >= 15 is 0 Å². The van der Waals surface area contributed by atoms with Crippen LogP contribution in [0.2, 0.25) is 5.02 Å². The van der Waals surface area contributed by atoms with E-state index in [1.54, 1.807) is 6.20 Å². The number of carbonyl (C=O) groups excluding carboxylic acids is 1. The molecule has 7 rings (SSSR count). The van der Waals surface area contributed by atoms with E-state index in [2.05, 4.69) is 67.1 Å². The zero-order valence-electron chi connectivity index (χ0n) is 19.7. The summed E-state index contributed by atoms with van der Waals surface area (Å²) in [4.78, 5) is 24.2. The molecule has 1 amide bonds. The van der Waals surface area contributed by atoms with Gasteiger partial charge in [-0.1, -0.05) is 41.9 Å². The molecule has 1 atom stereocenters. The molecule has 3 aromatic heterocycles. The van der Waals surface area contributed by atoms with Crippen LogP contribution in [0.3, 0.4) is 0 Å². The monoisotopic (exact) mass is 496 g/mol. The Morgan fingerprint density at radius 1 is 1.00 bits per heavy atom. The van der Waals surface area contributed by atoms with Crippen molar-refractivity contribution in [3.63, 3.8) is 0 Å². The number of benzene rings is 2. The van der Waals surface area contributed by atoms with Crippen molar-refractivity contribution in [3.8, 4) is 22.5 Å². The predicted octanol–water partition coefficient (Wildman–Crippen LogP) is 5.55. The summed E-state index contributed by atoms with van der Waals surface area (Å²) in [5.74, 6) is 1.86. The SMILES string of the molecule is O=C(C1CC1)N1CCC(Cn2c(-c3ccc(-c4ccc5[nH]ncc5c4)cc3)nc3cc(Cl)cnc32)C1. The third-order valence-corrected chi connectivity index (χ3v) is 7.64. The lowest BCUT2D eigenvalue weighted by Gasteiger charge is -2.17. The first-order valence-corrected chi connectivity index (χ1v) is 12.8. The molecule has 1 N–H and O–H groups in total. The predicted molar refractivity (Wildman–Crippen MR) is 140 cm³/mol. The van der Waals surface area contributed by atoms with Crippen molar-refractivity contribution in [3.05, 3.63) is 65.9 Å². The van der Waals surface area contributed by atoms with Gasteiger partial charge in [0.15, 0.2) is 5.65 Å². The number of fused-ring (bicyclic) bond motifs is 2. The fourth-order valence-electron chi connectivity index (χ4n) is 5.34. The van der Waals surface area contributed by atoms with Gasteiger partial charge in [-0.25, -0.2) is 9.97 Å². The minimum atomic E-state index is 0.268. The number of hydrogen-bond acceptors (Lipinski definition) is 4. The van der Waals surface area contributed by atoms with Gasteiger partial charge in [0, 0.05) is 42.7 Å². The number of nitrogens with one attached hydrogen (secondary N) is 1. The van der Waals surface area contributed by atoms with Crippen LogP contribution < -0.4 is 0 Å². The Morgan fingerprint density at radius 2 is 1.81 bits per heavy atom. The van der Waals surface area contributed by atoms with Gasteiger partial charge in [0.05, 0.1) is 16.7 Å². The second kappa shape index (κ2) is 8.45. The summed E-state index contributed by atoms with van der Waals surface area (Å²) >= 11 is 6.25. The number of carbonyl (C=O) groups is 1. The number of imidazole rings is 1. The van der Waals surface area contributed by atoms with Crippen LogP contribution >= 0.6 is 11.6 Å². The number of aromatic nitrogens is 5. The first-order chi connectivity index (χ1) is 17.6. The highest BCUT2D eigenvalue weighted by Crippen LogP contribution is 2.34. The first-order valence-electron chi connectivity index (χ1n) is 12.5. The smallest absolute Gasteiger partial charge is 0.225 e. The number of amides is 1. The van der Waals surface area contributed by atoms with Gasteiger partial charge in [-0.2, -0.15) is 5.10 Å². The highest BCUT2D eigenvalue weighted by molar-refractivity contribution is 6.31. The number of pyridine rings is 1. The van der Waals surface area contributed by atoms with Gasteiger partial charge in [-0.3, -0.25) is 9.89 Å². The number of aromatic amines is 1. The lowest BCUT2D eigenvalue weighted by Crippen LogP contribution is -2.30. The molecule has 2 aromatic carbocycles. The van der Waals surface area contributed by atoms with Crippen molar-refractivity contribution >= 4 is 39.6 Å². The Kier molecular flexibility index (Phi) is 5.06. The van der Waals surface area contributed by atoms with Crippen molar-refractivity contribution in [1.29, 1.82) is 0 Å². The topological polar surface area (TPSA) is 79.7 Å². The lowest BCUT2D eigenvalue weighted by molar-refractivity contribution is -0.131. The van der Waals surface area contributed by atoms with Gasteiger partial charge < -0.3 is 9.47 Å². The summed E-state index contributed by atoms with van der Waals surface area (Å²) in [6, 6.07) is 16.7. The molecular weight excluding hydrogens is 472 g/mol. The minimum absolute atomic E-state index is 0.268. The van der Waals surface area contributed by atoms with Crippen LogP contribution in [0.4, 0.5) is 0 Å². The highest BCUT2D eigenvalue weighted by atomic mass is 35.5. The van der Waals surface area contributed by atoms with Crippen LogP contribution in [0.5, 0.6) is 0 Å². The van der Waals surface area contributed by atoms with E-state index in [1.807, 2.05) is 12.3 Å². The van der Waals surface area contributed by atoms with Crippen LogP contribution in [-0.2, 0) is 11.3 Å². The second-order valence-corrected chi connectivity index (χ2v) is 10.4. The average Bonchev–Trinajstić information content (AvgIpc) is 3.30. The Morgan fingerprint density at radius 3 is 2.64 bits per heavy atom. The van der Waals surface area contributed by atoms with E-state index in [-0.39, 0.29) is 5.92 Å². The van der Waals surface area contributed by atoms with Gasteiger partial charge in [0.1, 0.15) is 11.3 Å². The van der Waals surface area contributed by atoms with Gasteiger partial charge in [-0.05, 0) is 54.5 Å². The molecule has 0 bridgehead atoms. The normalized spacial score (nSPS) is 17.9. The quantitative estimate of drug-likeness (QED) is 0.346. The molecule has 1 unspecified atom stereocenters. The van der Waals surface area contributed by atoms with Crippen molar-refractivity contribution in [2.75, 3.05) is 13.1 Å². The zero-order valence-corrected chi connectivity index (χ0v) is 20.4. The van der Waals surface area contributed by atoms with Gasteiger partial charge >= 0.3 is 0 Å². The number of halogens is 1. The molecule has 1 aliphatic carbocycles. The summed E-state index contributed by atoms with van der Waals surface area (Å²) < 4.78 is 2.20. The summed E-state index contributed by atoms with van der Waals surface area (Å²) in [7, 11) is 0. The van der Waals surface area contributed by atoms with Crippen molar-refractivity contribution < 1.29 is 4.79 Å². The molecule has 1 saturated heterocycles. The van der Waals surface area contributed by atoms with Crippen LogP contribution in [0, 0.1) is 11.8 Å². The van der Waals surface area contributed by atoms with Crippen molar-refractivity contribution in [1.82, 2.24) is 29.6 Å². The number of H-pyrrole nitrogens is 1. The van der Waals surface area contributed by atoms with Gasteiger partial charge in [0.25, 0.3) is 0 Å². The Bertz CT molecular complexity index is 1600.